The summed E-state index contributed by atoms with van der Waals surface area (Å²) in [6.07, 6.45) is 0. The Morgan fingerprint density at radius 1 is 1.16 bits per heavy atom. The Balaban J connectivity index is 2.34. The minimum absolute atomic E-state index is 0.0961. The third kappa shape index (κ3) is 3.09. The number of benzene rings is 2. The number of para-hydroxylation sites is 1. The second-order valence-corrected chi connectivity index (χ2v) is 4.19. The van der Waals surface area contributed by atoms with Crippen LogP contribution in [-0.2, 0) is 0 Å². The fourth-order valence-corrected chi connectivity index (χ4v) is 1.72. The lowest BCUT2D eigenvalue weighted by molar-refractivity contribution is 0.319. The first-order chi connectivity index (χ1) is 9.11. The molecule has 2 aromatic carbocycles. The Labute approximate surface area is 115 Å². The molecular formula is C14H13ClFNO2. The molecule has 0 saturated heterocycles. The molecule has 19 heavy (non-hydrogen) atoms. The molecule has 5 heteroatoms. The van der Waals surface area contributed by atoms with Gasteiger partial charge in [0.05, 0.1) is 17.3 Å². The summed E-state index contributed by atoms with van der Waals surface area (Å²) in [5, 5.41) is 0.448. The first kappa shape index (κ1) is 13.5. The highest BCUT2D eigenvalue weighted by Crippen LogP contribution is 2.35. The summed E-state index contributed by atoms with van der Waals surface area (Å²) in [5.41, 5.74) is 5.90. The first-order valence-corrected chi connectivity index (χ1v) is 6.13. The SMILES string of the molecule is CCOc1cc(Oc2ccccc2Cl)c(N)cc1F. The number of hydrogen-bond donors (Lipinski definition) is 1. The van der Waals surface area contributed by atoms with Gasteiger partial charge < -0.3 is 15.2 Å². The molecule has 3 nitrogen and oxygen atoms in total. The van der Waals surface area contributed by atoms with Crippen molar-refractivity contribution in [3.05, 3.63) is 47.2 Å². The number of hydrogen-bond acceptors (Lipinski definition) is 3. The van der Waals surface area contributed by atoms with E-state index in [0.717, 1.165) is 6.07 Å². The minimum Gasteiger partial charge on any atom is -0.491 e. The van der Waals surface area contributed by atoms with E-state index in [1.54, 1.807) is 31.2 Å². The van der Waals surface area contributed by atoms with Crippen molar-refractivity contribution >= 4 is 17.3 Å². The topological polar surface area (TPSA) is 44.5 Å². The molecular weight excluding hydrogens is 269 g/mol. The maximum absolute atomic E-state index is 13.5. The van der Waals surface area contributed by atoms with E-state index in [2.05, 4.69) is 0 Å². The highest BCUT2D eigenvalue weighted by atomic mass is 35.5. The number of halogens is 2. The van der Waals surface area contributed by atoms with E-state index in [-0.39, 0.29) is 11.4 Å². The molecule has 0 bridgehead atoms. The smallest absolute Gasteiger partial charge is 0.167 e. The Bertz CT molecular complexity index is 590. The maximum atomic E-state index is 13.5. The van der Waals surface area contributed by atoms with Crippen molar-refractivity contribution in [1.29, 1.82) is 0 Å². The number of rotatable bonds is 4. The van der Waals surface area contributed by atoms with Crippen molar-refractivity contribution < 1.29 is 13.9 Å². The van der Waals surface area contributed by atoms with Gasteiger partial charge in [0.25, 0.3) is 0 Å². The van der Waals surface area contributed by atoms with Crippen LogP contribution >= 0.6 is 11.6 Å². The van der Waals surface area contributed by atoms with Crippen molar-refractivity contribution in [3.63, 3.8) is 0 Å². The van der Waals surface area contributed by atoms with E-state index in [4.69, 9.17) is 26.8 Å². The van der Waals surface area contributed by atoms with Gasteiger partial charge in [0.15, 0.2) is 17.3 Å². The quantitative estimate of drug-likeness (QED) is 0.852. The molecule has 0 fully saturated rings. The van der Waals surface area contributed by atoms with Gasteiger partial charge in [-0.3, -0.25) is 0 Å². The Morgan fingerprint density at radius 2 is 1.89 bits per heavy atom. The van der Waals surface area contributed by atoms with E-state index in [1.165, 1.54) is 6.07 Å². The summed E-state index contributed by atoms with van der Waals surface area (Å²) in [6.45, 7) is 2.12. The van der Waals surface area contributed by atoms with Gasteiger partial charge in [-0.15, -0.1) is 0 Å². The van der Waals surface area contributed by atoms with Crippen molar-refractivity contribution in [3.8, 4) is 17.2 Å². The van der Waals surface area contributed by atoms with Crippen LogP contribution < -0.4 is 15.2 Å². The molecule has 2 aromatic rings. The van der Waals surface area contributed by atoms with Gasteiger partial charge in [0.1, 0.15) is 5.75 Å². The van der Waals surface area contributed by atoms with Crippen molar-refractivity contribution in [2.75, 3.05) is 12.3 Å². The summed E-state index contributed by atoms with van der Waals surface area (Å²) in [7, 11) is 0. The number of ether oxygens (including phenoxy) is 2. The highest BCUT2D eigenvalue weighted by Gasteiger charge is 2.11. The molecule has 0 heterocycles. The molecule has 2 rings (SSSR count). The summed E-state index contributed by atoms with van der Waals surface area (Å²) in [5.74, 6) is 0.326. The molecule has 0 spiro atoms. The van der Waals surface area contributed by atoms with Gasteiger partial charge in [0, 0.05) is 12.1 Å². The van der Waals surface area contributed by atoms with E-state index in [0.29, 0.717) is 23.1 Å². The van der Waals surface area contributed by atoms with Gasteiger partial charge in [-0.05, 0) is 19.1 Å². The van der Waals surface area contributed by atoms with Gasteiger partial charge in [-0.2, -0.15) is 0 Å². The molecule has 2 N–H and O–H groups in total. The molecule has 0 atom stereocenters. The third-order valence-corrected chi connectivity index (χ3v) is 2.73. The summed E-state index contributed by atoms with van der Waals surface area (Å²) >= 11 is 5.99. The molecule has 0 radical (unpaired) electrons. The second-order valence-electron chi connectivity index (χ2n) is 3.79. The molecule has 0 aromatic heterocycles. The van der Waals surface area contributed by atoms with Crippen LogP contribution in [0.4, 0.5) is 10.1 Å². The lowest BCUT2D eigenvalue weighted by atomic mass is 10.2. The molecule has 0 aliphatic heterocycles. The summed E-state index contributed by atoms with van der Waals surface area (Å²) in [4.78, 5) is 0. The average molecular weight is 282 g/mol. The standard InChI is InChI=1S/C14H13ClFNO2/c1-2-18-13-8-14(11(17)7-10(13)16)19-12-6-4-3-5-9(12)15/h3-8H,2,17H2,1H3. The van der Waals surface area contributed by atoms with Crippen molar-refractivity contribution in [2.24, 2.45) is 0 Å². The zero-order valence-electron chi connectivity index (χ0n) is 10.3. The predicted octanol–water partition coefficient (Wildman–Crippen LogP) is 4.25. The lowest BCUT2D eigenvalue weighted by Crippen LogP contribution is -1.99. The van der Waals surface area contributed by atoms with Gasteiger partial charge >= 0.3 is 0 Å². The van der Waals surface area contributed by atoms with Gasteiger partial charge in [-0.1, -0.05) is 23.7 Å². The Kier molecular flexibility index (Phi) is 4.12. The fourth-order valence-electron chi connectivity index (χ4n) is 1.55. The van der Waals surface area contributed by atoms with Crippen LogP contribution in [-0.4, -0.2) is 6.61 Å². The van der Waals surface area contributed by atoms with Crippen LogP contribution in [0, 0.1) is 5.82 Å². The zero-order valence-corrected chi connectivity index (χ0v) is 11.1. The van der Waals surface area contributed by atoms with E-state index >= 15 is 0 Å². The van der Waals surface area contributed by atoms with Gasteiger partial charge in [-0.25, -0.2) is 4.39 Å². The van der Waals surface area contributed by atoms with E-state index < -0.39 is 5.82 Å². The van der Waals surface area contributed by atoms with E-state index in [9.17, 15) is 4.39 Å². The average Bonchev–Trinajstić information content (AvgIpc) is 2.38. The first-order valence-electron chi connectivity index (χ1n) is 5.76. The monoisotopic (exact) mass is 281 g/mol. The summed E-state index contributed by atoms with van der Waals surface area (Å²) < 4.78 is 24.3. The number of anilines is 1. The number of nitrogen functional groups attached to an aromatic ring is 1. The van der Waals surface area contributed by atoms with Crippen LogP contribution in [0.2, 0.25) is 5.02 Å². The largest absolute Gasteiger partial charge is 0.491 e. The van der Waals surface area contributed by atoms with Gasteiger partial charge in [0.2, 0.25) is 0 Å². The third-order valence-electron chi connectivity index (χ3n) is 2.42. The summed E-state index contributed by atoms with van der Waals surface area (Å²) in [6, 6.07) is 9.54. The molecule has 0 saturated carbocycles. The zero-order chi connectivity index (χ0) is 13.8. The Morgan fingerprint density at radius 3 is 2.58 bits per heavy atom. The molecule has 0 amide bonds. The molecule has 0 aliphatic carbocycles. The molecule has 0 unspecified atom stereocenters. The van der Waals surface area contributed by atoms with Crippen LogP contribution in [0.3, 0.4) is 0 Å². The van der Waals surface area contributed by atoms with Crippen molar-refractivity contribution in [2.45, 2.75) is 6.92 Å². The minimum atomic E-state index is -0.522. The second kappa shape index (κ2) is 5.80. The van der Waals surface area contributed by atoms with Crippen molar-refractivity contribution in [1.82, 2.24) is 0 Å². The fraction of sp³-hybridized carbons (Fsp3) is 0.143. The number of nitrogens with two attached hydrogens (primary N) is 1. The van der Waals surface area contributed by atoms with Crippen LogP contribution in [0.1, 0.15) is 6.92 Å². The Hall–Kier alpha value is -1.94. The van der Waals surface area contributed by atoms with Crippen LogP contribution in [0.15, 0.2) is 36.4 Å². The predicted molar refractivity (Wildman–Crippen MR) is 73.5 cm³/mol. The maximum Gasteiger partial charge on any atom is 0.167 e. The van der Waals surface area contributed by atoms with E-state index in [1.807, 2.05) is 0 Å². The van der Waals surface area contributed by atoms with Crippen LogP contribution in [0.25, 0.3) is 0 Å². The normalized spacial score (nSPS) is 10.3. The molecule has 100 valence electrons. The van der Waals surface area contributed by atoms with Crippen LogP contribution in [0.5, 0.6) is 17.2 Å². The molecule has 0 aliphatic rings. The highest BCUT2D eigenvalue weighted by molar-refractivity contribution is 6.32. The lowest BCUT2D eigenvalue weighted by Gasteiger charge is -2.12.